The second kappa shape index (κ2) is 7.72. The van der Waals surface area contributed by atoms with Crippen LogP contribution in [-0.4, -0.2) is 59.4 Å². The molecule has 140 valence electrons. The first-order chi connectivity index (χ1) is 12.7. The number of nitrogens with two attached hydrogens (primary N) is 1. The topological polar surface area (TPSA) is 76.3 Å². The number of morpholine rings is 1. The summed E-state index contributed by atoms with van der Waals surface area (Å²) in [5.74, 6) is 0.856. The molecule has 0 spiro atoms. The fraction of sp³-hybridized carbons (Fsp3) is 0.579. The Balaban J connectivity index is 1.38. The number of nitrogens with zero attached hydrogens (tertiary/aromatic N) is 3. The molecule has 1 aliphatic carbocycles. The molecule has 6 nitrogen and oxygen atoms in total. The lowest BCUT2D eigenvalue weighted by Crippen LogP contribution is -2.50. The minimum Gasteiger partial charge on any atom is -0.399 e. The quantitative estimate of drug-likeness (QED) is 0.817. The zero-order chi connectivity index (χ0) is 17.9. The standard InChI is InChI=1S/C19H26FN5O/c20-10-16-11-25(7-8-26-16)15-4-2-14(3-5-15)24-19-17-9-13(21)1-6-18(17)22-12-23-19/h1,6,9,12,14-16H,2-5,7-8,10-11,21H2,(H,22,23,24). The normalized spacial score (nSPS) is 27.5. The van der Waals surface area contributed by atoms with Gasteiger partial charge in [-0.05, 0) is 43.9 Å². The molecule has 4 rings (SSSR count). The highest BCUT2D eigenvalue weighted by Gasteiger charge is 2.30. The maximum atomic E-state index is 12.9. The van der Waals surface area contributed by atoms with E-state index in [2.05, 4.69) is 20.2 Å². The van der Waals surface area contributed by atoms with Crippen LogP contribution in [-0.2, 0) is 4.74 Å². The number of hydrogen-bond acceptors (Lipinski definition) is 6. The van der Waals surface area contributed by atoms with E-state index in [0.29, 0.717) is 24.4 Å². The number of anilines is 2. The molecule has 26 heavy (non-hydrogen) atoms. The smallest absolute Gasteiger partial charge is 0.137 e. The average Bonchev–Trinajstić information content (AvgIpc) is 2.69. The van der Waals surface area contributed by atoms with Crippen LogP contribution >= 0.6 is 0 Å². The molecule has 1 atom stereocenters. The molecule has 2 aliphatic rings. The third-order valence-electron chi connectivity index (χ3n) is 5.56. The highest BCUT2D eigenvalue weighted by molar-refractivity contribution is 5.91. The Morgan fingerprint density at radius 2 is 2.08 bits per heavy atom. The third kappa shape index (κ3) is 3.73. The van der Waals surface area contributed by atoms with Crippen molar-refractivity contribution >= 4 is 22.4 Å². The fourth-order valence-electron chi connectivity index (χ4n) is 4.14. The molecule has 2 aromatic rings. The first-order valence-corrected chi connectivity index (χ1v) is 9.41. The summed E-state index contributed by atoms with van der Waals surface area (Å²) in [4.78, 5) is 11.1. The molecular weight excluding hydrogens is 333 g/mol. The van der Waals surface area contributed by atoms with Gasteiger partial charge in [-0.1, -0.05) is 0 Å². The molecule has 1 aromatic heterocycles. The Labute approximate surface area is 152 Å². The Hall–Kier alpha value is -1.99. The van der Waals surface area contributed by atoms with E-state index >= 15 is 0 Å². The van der Waals surface area contributed by atoms with E-state index in [1.165, 1.54) is 0 Å². The van der Waals surface area contributed by atoms with Crippen molar-refractivity contribution in [3.05, 3.63) is 24.5 Å². The van der Waals surface area contributed by atoms with Gasteiger partial charge in [0.2, 0.25) is 0 Å². The molecule has 1 aliphatic heterocycles. The number of nitrogens with one attached hydrogen (secondary N) is 1. The van der Waals surface area contributed by atoms with Gasteiger partial charge in [-0.3, -0.25) is 4.90 Å². The van der Waals surface area contributed by atoms with Crippen molar-refractivity contribution in [3.63, 3.8) is 0 Å². The van der Waals surface area contributed by atoms with E-state index in [9.17, 15) is 4.39 Å². The van der Waals surface area contributed by atoms with E-state index in [1.807, 2.05) is 18.2 Å². The van der Waals surface area contributed by atoms with Crippen molar-refractivity contribution in [2.45, 2.75) is 43.9 Å². The lowest BCUT2D eigenvalue weighted by atomic mass is 9.89. The van der Waals surface area contributed by atoms with Crippen molar-refractivity contribution in [2.75, 3.05) is 37.4 Å². The molecule has 1 unspecified atom stereocenters. The van der Waals surface area contributed by atoms with Crippen LogP contribution in [0.3, 0.4) is 0 Å². The van der Waals surface area contributed by atoms with E-state index in [0.717, 1.165) is 55.5 Å². The first kappa shape index (κ1) is 17.4. The number of halogens is 1. The molecule has 2 fully saturated rings. The number of ether oxygens (including phenoxy) is 1. The van der Waals surface area contributed by atoms with Gasteiger partial charge >= 0.3 is 0 Å². The van der Waals surface area contributed by atoms with E-state index < -0.39 is 6.67 Å². The van der Waals surface area contributed by atoms with Crippen LogP contribution < -0.4 is 11.1 Å². The summed E-state index contributed by atoms with van der Waals surface area (Å²) in [6.07, 6.45) is 5.73. The minimum absolute atomic E-state index is 0.252. The summed E-state index contributed by atoms with van der Waals surface area (Å²) in [6.45, 7) is 1.88. The second-order valence-corrected chi connectivity index (χ2v) is 7.29. The Bertz CT molecular complexity index is 750. The summed E-state index contributed by atoms with van der Waals surface area (Å²) in [7, 11) is 0. The predicted molar refractivity (Wildman–Crippen MR) is 101 cm³/mol. The Morgan fingerprint density at radius 1 is 1.23 bits per heavy atom. The number of nitrogen functional groups attached to an aromatic ring is 1. The van der Waals surface area contributed by atoms with Crippen LogP contribution in [0.25, 0.3) is 10.9 Å². The molecule has 3 N–H and O–H groups in total. The number of benzene rings is 1. The summed E-state index contributed by atoms with van der Waals surface area (Å²) in [5, 5.41) is 4.55. The van der Waals surface area contributed by atoms with E-state index in [4.69, 9.17) is 10.5 Å². The highest BCUT2D eigenvalue weighted by atomic mass is 19.1. The number of alkyl halides is 1. The number of hydrogen-bond donors (Lipinski definition) is 2. The third-order valence-corrected chi connectivity index (χ3v) is 5.56. The molecule has 1 saturated heterocycles. The van der Waals surface area contributed by atoms with Crippen LogP contribution in [0.4, 0.5) is 15.9 Å². The summed E-state index contributed by atoms with van der Waals surface area (Å²) >= 11 is 0. The fourth-order valence-corrected chi connectivity index (χ4v) is 4.14. The lowest BCUT2D eigenvalue weighted by molar-refractivity contribution is -0.0568. The molecule has 1 saturated carbocycles. The van der Waals surface area contributed by atoms with Gasteiger partial charge in [-0.2, -0.15) is 0 Å². The van der Waals surface area contributed by atoms with Gasteiger partial charge in [0, 0.05) is 36.2 Å². The lowest BCUT2D eigenvalue weighted by Gasteiger charge is -2.41. The van der Waals surface area contributed by atoms with Gasteiger partial charge in [0.25, 0.3) is 0 Å². The first-order valence-electron chi connectivity index (χ1n) is 9.41. The molecule has 0 amide bonds. The van der Waals surface area contributed by atoms with Gasteiger partial charge in [-0.15, -0.1) is 0 Å². The van der Waals surface area contributed by atoms with Gasteiger partial charge in [-0.25, -0.2) is 14.4 Å². The van der Waals surface area contributed by atoms with Gasteiger partial charge in [0.15, 0.2) is 0 Å². The van der Waals surface area contributed by atoms with Crippen molar-refractivity contribution in [2.24, 2.45) is 0 Å². The zero-order valence-corrected chi connectivity index (χ0v) is 14.9. The Morgan fingerprint density at radius 3 is 2.88 bits per heavy atom. The number of fused-ring (bicyclic) bond motifs is 1. The van der Waals surface area contributed by atoms with Crippen LogP contribution in [0.2, 0.25) is 0 Å². The van der Waals surface area contributed by atoms with Crippen molar-refractivity contribution in [1.82, 2.24) is 14.9 Å². The van der Waals surface area contributed by atoms with Gasteiger partial charge in [0.05, 0.1) is 18.2 Å². The SMILES string of the molecule is Nc1ccc2ncnc(NC3CCC(N4CCOC(CF)C4)CC3)c2c1. The summed E-state index contributed by atoms with van der Waals surface area (Å²) in [6, 6.07) is 6.63. The van der Waals surface area contributed by atoms with Crippen LogP contribution in [0.1, 0.15) is 25.7 Å². The van der Waals surface area contributed by atoms with Crippen molar-refractivity contribution in [1.29, 1.82) is 0 Å². The maximum Gasteiger partial charge on any atom is 0.137 e. The molecule has 1 aromatic carbocycles. The minimum atomic E-state index is -0.392. The van der Waals surface area contributed by atoms with Crippen LogP contribution in [0.15, 0.2) is 24.5 Å². The van der Waals surface area contributed by atoms with Gasteiger partial charge < -0.3 is 15.8 Å². The maximum absolute atomic E-state index is 12.9. The predicted octanol–water partition coefficient (Wildman–Crippen LogP) is 2.61. The molecule has 2 heterocycles. The molecule has 0 radical (unpaired) electrons. The zero-order valence-electron chi connectivity index (χ0n) is 14.9. The van der Waals surface area contributed by atoms with Gasteiger partial charge in [0.1, 0.15) is 18.8 Å². The van der Waals surface area contributed by atoms with Crippen LogP contribution in [0.5, 0.6) is 0 Å². The summed E-state index contributed by atoms with van der Waals surface area (Å²) < 4.78 is 18.3. The molecule has 0 bridgehead atoms. The number of rotatable bonds is 4. The largest absolute Gasteiger partial charge is 0.399 e. The summed E-state index contributed by atoms with van der Waals surface area (Å²) in [5.41, 5.74) is 7.54. The highest BCUT2D eigenvalue weighted by Crippen LogP contribution is 2.29. The number of aromatic nitrogens is 2. The van der Waals surface area contributed by atoms with E-state index in [-0.39, 0.29) is 6.10 Å². The monoisotopic (exact) mass is 359 g/mol. The van der Waals surface area contributed by atoms with Crippen LogP contribution in [0, 0.1) is 0 Å². The molecule has 7 heteroatoms. The average molecular weight is 359 g/mol. The van der Waals surface area contributed by atoms with E-state index in [1.54, 1.807) is 6.33 Å². The molecular formula is C19H26FN5O. The van der Waals surface area contributed by atoms with Crippen molar-refractivity contribution < 1.29 is 9.13 Å². The van der Waals surface area contributed by atoms with Crippen molar-refractivity contribution in [3.8, 4) is 0 Å². The Kier molecular flexibility index (Phi) is 5.17. The second-order valence-electron chi connectivity index (χ2n) is 7.29.